The summed E-state index contributed by atoms with van der Waals surface area (Å²) in [6.45, 7) is 3.95. The fourth-order valence-electron chi connectivity index (χ4n) is 3.35. The van der Waals surface area contributed by atoms with Crippen molar-refractivity contribution in [3.05, 3.63) is 101 Å². The Morgan fingerprint density at radius 3 is 1.94 bits per heavy atom. The molecular formula is C25H28N2O3S. The van der Waals surface area contributed by atoms with Crippen LogP contribution in [-0.2, 0) is 27.9 Å². The summed E-state index contributed by atoms with van der Waals surface area (Å²) in [6, 6.07) is 24.3. The highest BCUT2D eigenvalue weighted by atomic mass is 32.2. The average molecular weight is 437 g/mol. The number of carbonyl (C=O) groups is 1. The van der Waals surface area contributed by atoms with E-state index in [-0.39, 0.29) is 23.9 Å². The van der Waals surface area contributed by atoms with Gasteiger partial charge in [-0.05, 0) is 42.2 Å². The van der Waals surface area contributed by atoms with Crippen LogP contribution in [0.2, 0.25) is 0 Å². The Bertz CT molecular complexity index is 1130. The summed E-state index contributed by atoms with van der Waals surface area (Å²) in [5.41, 5.74) is 3.34. The molecule has 0 heterocycles. The minimum atomic E-state index is -3.87. The molecule has 0 spiro atoms. The molecule has 3 aromatic rings. The molecular weight excluding hydrogens is 408 g/mol. The molecule has 0 N–H and O–H groups in total. The number of carbonyl (C=O) groups excluding carboxylic acids is 1. The number of sulfonamides is 1. The van der Waals surface area contributed by atoms with Crippen LogP contribution >= 0.6 is 0 Å². The molecule has 0 aromatic heterocycles. The standard InChI is InChI=1S/C25H28N2O3S/c1-20-14-15-21(2)24(16-20)31(29,30)27(18-23-12-8-5-9-13-23)19-25(28)26(3)17-22-10-6-4-7-11-22/h4-16H,17-19H2,1-3H3. The summed E-state index contributed by atoms with van der Waals surface area (Å²) in [6.07, 6.45) is 0. The van der Waals surface area contributed by atoms with E-state index in [0.29, 0.717) is 12.1 Å². The van der Waals surface area contributed by atoms with Crippen molar-refractivity contribution in [3.8, 4) is 0 Å². The number of hydrogen-bond donors (Lipinski definition) is 0. The lowest BCUT2D eigenvalue weighted by molar-refractivity contribution is -0.130. The Kier molecular flexibility index (Phi) is 7.25. The molecule has 162 valence electrons. The monoisotopic (exact) mass is 436 g/mol. The summed E-state index contributed by atoms with van der Waals surface area (Å²) >= 11 is 0. The van der Waals surface area contributed by atoms with Gasteiger partial charge in [-0.2, -0.15) is 4.31 Å². The zero-order chi connectivity index (χ0) is 22.4. The van der Waals surface area contributed by atoms with E-state index in [4.69, 9.17) is 0 Å². The van der Waals surface area contributed by atoms with Gasteiger partial charge in [-0.3, -0.25) is 4.79 Å². The fraction of sp³-hybridized carbons (Fsp3) is 0.240. The van der Waals surface area contributed by atoms with E-state index in [1.807, 2.05) is 73.7 Å². The maximum Gasteiger partial charge on any atom is 0.244 e. The largest absolute Gasteiger partial charge is 0.340 e. The normalized spacial score (nSPS) is 11.5. The zero-order valence-corrected chi connectivity index (χ0v) is 19.0. The molecule has 0 aliphatic heterocycles. The molecule has 0 aliphatic rings. The van der Waals surface area contributed by atoms with Crippen LogP contribution in [0.3, 0.4) is 0 Å². The number of likely N-dealkylation sites (N-methyl/N-ethyl adjacent to an activating group) is 1. The van der Waals surface area contributed by atoms with Gasteiger partial charge in [-0.15, -0.1) is 0 Å². The van der Waals surface area contributed by atoms with Crippen molar-refractivity contribution in [2.45, 2.75) is 31.8 Å². The van der Waals surface area contributed by atoms with Crippen molar-refractivity contribution in [2.75, 3.05) is 13.6 Å². The van der Waals surface area contributed by atoms with Gasteiger partial charge in [0, 0.05) is 20.1 Å². The molecule has 0 aliphatic carbocycles. The van der Waals surface area contributed by atoms with Crippen molar-refractivity contribution >= 4 is 15.9 Å². The highest BCUT2D eigenvalue weighted by Crippen LogP contribution is 2.23. The van der Waals surface area contributed by atoms with Gasteiger partial charge in [0.2, 0.25) is 15.9 Å². The number of aryl methyl sites for hydroxylation is 2. The highest BCUT2D eigenvalue weighted by molar-refractivity contribution is 7.89. The van der Waals surface area contributed by atoms with Gasteiger partial charge in [0.05, 0.1) is 11.4 Å². The smallest absolute Gasteiger partial charge is 0.244 e. The second kappa shape index (κ2) is 9.90. The van der Waals surface area contributed by atoms with Gasteiger partial charge in [0.15, 0.2) is 0 Å². The van der Waals surface area contributed by atoms with Gasteiger partial charge < -0.3 is 4.90 Å². The Morgan fingerprint density at radius 1 is 0.806 bits per heavy atom. The lowest BCUT2D eigenvalue weighted by Crippen LogP contribution is -2.41. The van der Waals surface area contributed by atoms with E-state index in [0.717, 1.165) is 16.7 Å². The third-order valence-electron chi connectivity index (χ3n) is 5.16. The summed E-state index contributed by atoms with van der Waals surface area (Å²) in [5.74, 6) is -0.256. The van der Waals surface area contributed by atoms with Crippen LogP contribution in [0.4, 0.5) is 0 Å². The van der Waals surface area contributed by atoms with Gasteiger partial charge >= 0.3 is 0 Å². The summed E-state index contributed by atoms with van der Waals surface area (Å²) in [4.78, 5) is 14.8. The predicted octanol–water partition coefficient (Wildman–Crippen LogP) is 4.15. The molecule has 3 rings (SSSR count). The maximum atomic E-state index is 13.6. The molecule has 0 atom stereocenters. The number of nitrogens with zero attached hydrogens (tertiary/aromatic N) is 2. The number of rotatable bonds is 8. The van der Waals surface area contributed by atoms with Crippen molar-refractivity contribution in [3.63, 3.8) is 0 Å². The van der Waals surface area contributed by atoms with Crippen LogP contribution in [-0.4, -0.2) is 37.1 Å². The van der Waals surface area contributed by atoms with Crippen molar-refractivity contribution in [2.24, 2.45) is 0 Å². The number of benzene rings is 3. The van der Waals surface area contributed by atoms with Crippen molar-refractivity contribution in [1.82, 2.24) is 9.21 Å². The van der Waals surface area contributed by atoms with Crippen LogP contribution < -0.4 is 0 Å². The second-order valence-corrected chi connectivity index (χ2v) is 9.67. The van der Waals surface area contributed by atoms with E-state index >= 15 is 0 Å². The van der Waals surface area contributed by atoms with Crippen LogP contribution in [0.25, 0.3) is 0 Å². The molecule has 1 amide bonds. The molecule has 6 heteroatoms. The molecule has 3 aromatic carbocycles. The van der Waals surface area contributed by atoms with E-state index in [9.17, 15) is 13.2 Å². The molecule has 5 nitrogen and oxygen atoms in total. The second-order valence-electron chi connectivity index (χ2n) is 7.76. The average Bonchev–Trinajstić information content (AvgIpc) is 2.76. The topological polar surface area (TPSA) is 57.7 Å². The van der Waals surface area contributed by atoms with Crippen LogP contribution in [0.5, 0.6) is 0 Å². The van der Waals surface area contributed by atoms with E-state index in [1.54, 1.807) is 31.0 Å². The van der Waals surface area contributed by atoms with Gasteiger partial charge in [0.25, 0.3) is 0 Å². The first-order valence-electron chi connectivity index (χ1n) is 10.2. The maximum absolute atomic E-state index is 13.6. The van der Waals surface area contributed by atoms with Crippen LogP contribution in [0.15, 0.2) is 83.8 Å². The third-order valence-corrected chi connectivity index (χ3v) is 7.10. The first-order chi connectivity index (χ1) is 14.8. The number of hydrogen-bond acceptors (Lipinski definition) is 3. The fourth-order valence-corrected chi connectivity index (χ4v) is 5.04. The minimum absolute atomic E-state index is 0.126. The van der Waals surface area contributed by atoms with Gasteiger partial charge in [-0.1, -0.05) is 72.8 Å². The molecule has 0 bridgehead atoms. The summed E-state index contributed by atoms with van der Waals surface area (Å²) in [7, 11) is -2.17. The Balaban J connectivity index is 1.89. The predicted molar refractivity (Wildman–Crippen MR) is 123 cm³/mol. The van der Waals surface area contributed by atoms with Gasteiger partial charge in [0.1, 0.15) is 0 Å². The van der Waals surface area contributed by atoms with E-state index in [1.165, 1.54) is 4.31 Å². The SMILES string of the molecule is Cc1ccc(C)c(S(=O)(=O)N(CC(=O)N(C)Cc2ccccc2)Cc2ccccc2)c1. The lowest BCUT2D eigenvalue weighted by Gasteiger charge is -2.26. The molecule has 0 unspecified atom stereocenters. The number of amides is 1. The quantitative estimate of drug-likeness (QED) is 0.533. The zero-order valence-electron chi connectivity index (χ0n) is 18.2. The Hall–Kier alpha value is -2.96. The molecule has 0 saturated heterocycles. The molecule has 0 radical (unpaired) electrons. The van der Waals surface area contributed by atoms with Crippen LogP contribution in [0.1, 0.15) is 22.3 Å². The molecule has 0 fully saturated rings. The van der Waals surface area contributed by atoms with E-state index in [2.05, 4.69) is 0 Å². The first-order valence-corrected chi connectivity index (χ1v) is 11.6. The highest BCUT2D eigenvalue weighted by Gasteiger charge is 2.29. The third kappa shape index (κ3) is 5.81. The summed E-state index contributed by atoms with van der Waals surface area (Å²) < 4.78 is 28.4. The van der Waals surface area contributed by atoms with Crippen molar-refractivity contribution in [1.29, 1.82) is 0 Å². The Morgan fingerprint density at radius 2 is 1.35 bits per heavy atom. The Labute approximate surface area is 185 Å². The molecule has 0 saturated carbocycles. The molecule has 31 heavy (non-hydrogen) atoms. The first kappa shape index (κ1) is 22.7. The van der Waals surface area contributed by atoms with E-state index < -0.39 is 10.0 Å². The van der Waals surface area contributed by atoms with Gasteiger partial charge in [-0.25, -0.2) is 8.42 Å². The summed E-state index contributed by atoms with van der Waals surface area (Å²) in [5, 5.41) is 0. The lowest BCUT2D eigenvalue weighted by atomic mass is 10.2. The van der Waals surface area contributed by atoms with Crippen LogP contribution in [0, 0.1) is 13.8 Å². The minimum Gasteiger partial charge on any atom is -0.340 e. The van der Waals surface area contributed by atoms with Crippen molar-refractivity contribution < 1.29 is 13.2 Å².